The van der Waals surface area contributed by atoms with Crippen LogP contribution in [-0.2, 0) is 9.53 Å². The van der Waals surface area contributed by atoms with Crippen molar-refractivity contribution in [1.29, 1.82) is 0 Å². The van der Waals surface area contributed by atoms with Crippen molar-refractivity contribution >= 4 is 5.97 Å². The average Bonchev–Trinajstić information content (AvgIpc) is 2.64. The number of carbonyl (C=O) groups excluding carboxylic acids is 1. The third kappa shape index (κ3) is 2.19. The highest BCUT2D eigenvalue weighted by Crippen LogP contribution is 2.17. The van der Waals surface area contributed by atoms with Gasteiger partial charge in [0.15, 0.2) is 0 Å². The molecule has 0 aromatic heterocycles. The molecule has 1 rings (SSSR count). The smallest absolute Gasteiger partial charge is 0.0813 e. The van der Waals surface area contributed by atoms with E-state index >= 15 is 0 Å². The van der Waals surface area contributed by atoms with E-state index in [0.29, 0.717) is 6.42 Å². The molecule has 56 valence electrons. The molecule has 0 saturated carbocycles. The van der Waals surface area contributed by atoms with Gasteiger partial charge < -0.3 is 14.6 Å². The molecule has 1 aliphatic rings. The molecule has 10 heavy (non-hydrogen) atoms. The Hall–Kier alpha value is -0.830. The van der Waals surface area contributed by atoms with E-state index in [0.717, 1.165) is 13.0 Å². The molecule has 3 heteroatoms. The highest BCUT2D eigenvalue weighted by atomic mass is 16.6. The Bertz CT molecular complexity index is 158. The van der Waals surface area contributed by atoms with Crippen molar-refractivity contribution in [2.75, 3.05) is 6.61 Å². The summed E-state index contributed by atoms with van der Waals surface area (Å²) in [6, 6.07) is 0. The Morgan fingerprint density at radius 2 is 2.40 bits per heavy atom. The second-order valence-corrected chi connectivity index (χ2v) is 2.39. The fraction of sp³-hybridized carbons (Fsp3) is 0.571. The number of ether oxygens (including phenoxy) is 1. The van der Waals surface area contributed by atoms with Gasteiger partial charge in [-0.1, -0.05) is 6.58 Å². The maximum atomic E-state index is 10.1. The maximum absolute atomic E-state index is 10.1. The minimum Gasteiger partial charge on any atom is -0.545 e. The monoisotopic (exact) mass is 141 g/mol. The van der Waals surface area contributed by atoms with E-state index in [2.05, 4.69) is 6.58 Å². The van der Waals surface area contributed by atoms with Gasteiger partial charge in [0.1, 0.15) is 0 Å². The van der Waals surface area contributed by atoms with Gasteiger partial charge >= 0.3 is 0 Å². The second-order valence-electron chi connectivity index (χ2n) is 2.39. The normalized spacial score (nSPS) is 22.2. The lowest BCUT2D eigenvalue weighted by molar-refractivity contribution is -0.299. The van der Waals surface area contributed by atoms with E-state index in [1.807, 2.05) is 0 Å². The summed E-state index contributed by atoms with van der Waals surface area (Å²) < 4.78 is 4.88. The van der Waals surface area contributed by atoms with E-state index in [1.165, 1.54) is 0 Å². The first-order valence-electron chi connectivity index (χ1n) is 3.21. The number of carboxylic acid groups (broad SMARTS) is 1. The zero-order valence-corrected chi connectivity index (χ0v) is 5.63. The van der Waals surface area contributed by atoms with E-state index in [9.17, 15) is 9.90 Å². The first kappa shape index (κ1) is 7.28. The Morgan fingerprint density at radius 1 is 1.80 bits per heavy atom. The molecule has 0 bridgehead atoms. The Labute approximate surface area is 59.3 Å². The van der Waals surface area contributed by atoms with Crippen LogP contribution in [0.25, 0.3) is 0 Å². The van der Waals surface area contributed by atoms with Gasteiger partial charge in [0.25, 0.3) is 0 Å². The van der Waals surface area contributed by atoms with Crippen LogP contribution < -0.4 is 5.11 Å². The molecule has 0 radical (unpaired) electrons. The van der Waals surface area contributed by atoms with Gasteiger partial charge in [-0.25, -0.2) is 0 Å². The predicted octanol–water partition coefficient (Wildman–Crippen LogP) is -0.528. The van der Waals surface area contributed by atoms with Gasteiger partial charge in [-0.2, -0.15) is 0 Å². The molecule has 1 heterocycles. The van der Waals surface area contributed by atoms with Gasteiger partial charge in [-0.15, -0.1) is 0 Å². The molecule has 1 saturated heterocycles. The van der Waals surface area contributed by atoms with E-state index < -0.39 is 5.97 Å². The van der Waals surface area contributed by atoms with Crippen molar-refractivity contribution in [2.24, 2.45) is 0 Å². The molecule has 0 aliphatic carbocycles. The summed E-state index contributed by atoms with van der Waals surface area (Å²) in [7, 11) is 0. The van der Waals surface area contributed by atoms with Crippen LogP contribution in [0.4, 0.5) is 0 Å². The summed E-state index contributed by atoms with van der Waals surface area (Å²) in [5, 5.41) is 10.1. The summed E-state index contributed by atoms with van der Waals surface area (Å²) in [5.41, 5.74) is 0.163. The van der Waals surface area contributed by atoms with Gasteiger partial charge in [0.05, 0.1) is 18.7 Å². The van der Waals surface area contributed by atoms with Crippen LogP contribution in [0, 0.1) is 0 Å². The molecule has 1 aliphatic heterocycles. The van der Waals surface area contributed by atoms with E-state index in [1.54, 1.807) is 0 Å². The van der Waals surface area contributed by atoms with E-state index in [4.69, 9.17) is 4.74 Å². The van der Waals surface area contributed by atoms with Crippen molar-refractivity contribution in [3.63, 3.8) is 0 Å². The summed E-state index contributed by atoms with van der Waals surface area (Å²) in [4.78, 5) is 10.1. The average molecular weight is 141 g/mol. The molecule has 0 aromatic rings. The fourth-order valence-electron chi connectivity index (χ4n) is 0.672. The zero-order valence-electron chi connectivity index (χ0n) is 5.63. The lowest BCUT2D eigenvalue weighted by atomic mass is 10.1. The van der Waals surface area contributed by atoms with Crippen LogP contribution in [0.15, 0.2) is 12.2 Å². The molecule has 0 amide bonds. The SMILES string of the molecule is C=C(CCC1CO1)C(=O)[O-]. The van der Waals surface area contributed by atoms with Crippen molar-refractivity contribution in [3.05, 3.63) is 12.2 Å². The largest absolute Gasteiger partial charge is 0.545 e. The molecule has 3 nitrogen and oxygen atoms in total. The standard InChI is InChI=1S/C7H10O3/c1-5(7(8)9)2-3-6-4-10-6/h6H,1-4H2,(H,8,9)/p-1. The first-order valence-corrected chi connectivity index (χ1v) is 3.21. The quantitative estimate of drug-likeness (QED) is 0.390. The van der Waals surface area contributed by atoms with Crippen LogP contribution in [0.2, 0.25) is 0 Å². The van der Waals surface area contributed by atoms with Crippen LogP contribution in [0.1, 0.15) is 12.8 Å². The third-order valence-corrected chi connectivity index (χ3v) is 1.46. The summed E-state index contributed by atoms with van der Waals surface area (Å²) >= 11 is 0. The van der Waals surface area contributed by atoms with Gasteiger partial charge in [0.2, 0.25) is 0 Å². The number of carboxylic acids is 1. The maximum Gasteiger partial charge on any atom is 0.0813 e. The van der Waals surface area contributed by atoms with Crippen LogP contribution in [-0.4, -0.2) is 18.7 Å². The molecule has 1 fully saturated rings. The van der Waals surface area contributed by atoms with Crippen LogP contribution in [0.3, 0.4) is 0 Å². The Kier molecular flexibility index (Phi) is 2.06. The van der Waals surface area contributed by atoms with Crippen molar-refractivity contribution in [3.8, 4) is 0 Å². The number of epoxide rings is 1. The van der Waals surface area contributed by atoms with Crippen molar-refractivity contribution in [2.45, 2.75) is 18.9 Å². The number of hydrogen-bond acceptors (Lipinski definition) is 3. The lowest BCUT2D eigenvalue weighted by Gasteiger charge is -2.03. The fourth-order valence-corrected chi connectivity index (χ4v) is 0.672. The molecule has 0 N–H and O–H groups in total. The minimum atomic E-state index is -1.15. The topological polar surface area (TPSA) is 52.7 Å². The Morgan fingerprint density at radius 3 is 2.80 bits per heavy atom. The van der Waals surface area contributed by atoms with Gasteiger partial charge in [-0.05, 0) is 18.4 Å². The summed E-state index contributed by atoms with van der Waals surface area (Å²) in [6.07, 6.45) is 1.51. The molecule has 1 atom stereocenters. The third-order valence-electron chi connectivity index (χ3n) is 1.46. The molecular formula is C7H9O3-. The lowest BCUT2D eigenvalue weighted by Crippen LogP contribution is -2.23. The number of aliphatic carboxylic acids is 1. The predicted molar refractivity (Wildman–Crippen MR) is 33.1 cm³/mol. The number of carbonyl (C=O) groups is 1. The highest BCUT2D eigenvalue weighted by Gasteiger charge is 2.21. The van der Waals surface area contributed by atoms with Crippen molar-refractivity contribution in [1.82, 2.24) is 0 Å². The number of hydrogen-bond donors (Lipinski definition) is 0. The second kappa shape index (κ2) is 2.84. The molecule has 1 unspecified atom stereocenters. The first-order chi connectivity index (χ1) is 4.70. The van der Waals surface area contributed by atoms with E-state index in [-0.39, 0.29) is 11.7 Å². The Balaban J connectivity index is 2.11. The van der Waals surface area contributed by atoms with Crippen molar-refractivity contribution < 1.29 is 14.6 Å². The molecule has 0 spiro atoms. The molecule has 0 aromatic carbocycles. The zero-order chi connectivity index (χ0) is 7.56. The van der Waals surface area contributed by atoms with Crippen LogP contribution >= 0.6 is 0 Å². The van der Waals surface area contributed by atoms with Gasteiger partial charge in [0, 0.05) is 0 Å². The summed E-state index contributed by atoms with van der Waals surface area (Å²) in [6.45, 7) is 4.10. The van der Waals surface area contributed by atoms with Gasteiger partial charge in [-0.3, -0.25) is 0 Å². The number of rotatable bonds is 4. The highest BCUT2D eigenvalue weighted by molar-refractivity contribution is 5.83. The summed E-state index contributed by atoms with van der Waals surface area (Å²) in [5.74, 6) is -1.15. The molecular weight excluding hydrogens is 132 g/mol. The minimum absolute atomic E-state index is 0.163. The van der Waals surface area contributed by atoms with Crippen LogP contribution in [0.5, 0.6) is 0 Å².